The number of hydrogen-bond acceptors (Lipinski definition) is 2. The van der Waals surface area contributed by atoms with Gasteiger partial charge >= 0.3 is 0 Å². The Morgan fingerprint density at radius 3 is 0.882 bits per heavy atom. The van der Waals surface area contributed by atoms with E-state index < -0.39 is 0 Å². The Kier molecular flexibility index (Phi) is 32.4. The SMILES string of the molecule is CCCCCCCCCCCCCCCCCC[N+](CCCC)(CCCC)CCCC.N#C[S-]. The van der Waals surface area contributed by atoms with Crippen molar-refractivity contribution < 1.29 is 4.48 Å². The number of nitrogens with zero attached hydrogens (tertiary/aromatic N) is 2. The standard InChI is InChI=1S/C30H64N.CHNS/c1-5-9-13-14-15-16-17-18-19-20-21-22-23-24-25-26-30-31(27-10-6-2,28-11-7-3)29-12-8-4;2-1-3/h5-30H2,1-4H3;3H/q+1;/p-1. The van der Waals surface area contributed by atoms with E-state index in [0.29, 0.717) is 0 Å². The van der Waals surface area contributed by atoms with Crippen LogP contribution in [0.15, 0.2) is 0 Å². The molecule has 3 heteroatoms. The first-order valence-electron chi connectivity index (χ1n) is 15.5. The summed E-state index contributed by atoms with van der Waals surface area (Å²) >= 11 is 3.70. The molecule has 0 amide bonds. The van der Waals surface area contributed by atoms with Crippen molar-refractivity contribution in [2.75, 3.05) is 26.2 Å². The van der Waals surface area contributed by atoms with Crippen molar-refractivity contribution in [3.8, 4) is 5.40 Å². The van der Waals surface area contributed by atoms with Crippen molar-refractivity contribution in [3.63, 3.8) is 0 Å². The molecule has 0 aliphatic carbocycles. The molecule has 0 bridgehead atoms. The number of hydrogen-bond donors (Lipinski definition) is 0. The van der Waals surface area contributed by atoms with Crippen molar-refractivity contribution in [1.82, 2.24) is 0 Å². The minimum Gasteiger partial charge on any atom is -0.696 e. The highest BCUT2D eigenvalue weighted by molar-refractivity contribution is 7.64. The molecule has 0 N–H and O–H groups in total. The van der Waals surface area contributed by atoms with Crippen molar-refractivity contribution in [2.45, 2.75) is 169 Å². The fourth-order valence-corrected chi connectivity index (χ4v) is 5.15. The van der Waals surface area contributed by atoms with Gasteiger partial charge in [-0.3, -0.25) is 0 Å². The molecule has 0 radical (unpaired) electrons. The van der Waals surface area contributed by atoms with Gasteiger partial charge in [0.15, 0.2) is 0 Å². The van der Waals surface area contributed by atoms with Gasteiger partial charge in [-0.25, -0.2) is 5.26 Å². The Labute approximate surface area is 222 Å². The smallest absolute Gasteiger partial charge is 0.0786 e. The summed E-state index contributed by atoms with van der Waals surface area (Å²) in [6.45, 7) is 15.2. The van der Waals surface area contributed by atoms with Crippen LogP contribution in [0.4, 0.5) is 0 Å². The first-order valence-corrected chi connectivity index (χ1v) is 15.9. The van der Waals surface area contributed by atoms with E-state index in [-0.39, 0.29) is 0 Å². The van der Waals surface area contributed by atoms with E-state index in [0.717, 1.165) is 0 Å². The molecule has 2 nitrogen and oxygen atoms in total. The fraction of sp³-hybridized carbons (Fsp3) is 0.968. The third kappa shape index (κ3) is 26.3. The Balaban J connectivity index is 0. The quantitative estimate of drug-likeness (QED) is 0.0514. The van der Waals surface area contributed by atoms with E-state index >= 15 is 0 Å². The molecule has 0 aromatic rings. The third-order valence-electron chi connectivity index (χ3n) is 7.44. The van der Waals surface area contributed by atoms with E-state index in [1.54, 1.807) is 0 Å². The number of unbranched alkanes of at least 4 members (excludes halogenated alkanes) is 18. The van der Waals surface area contributed by atoms with Gasteiger partial charge in [0.25, 0.3) is 0 Å². The van der Waals surface area contributed by atoms with E-state index in [2.05, 4.69) is 40.3 Å². The minimum absolute atomic E-state index is 1.33. The molecule has 0 aliphatic rings. The maximum Gasteiger partial charge on any atom is 0.0786 e. The molecule has 0 atom stereocenters. The van der Waals surface area contributed by atoms with Gasteiger partial charge in [-0.05, 0) is 32.1 Å². The molecule has 0 spiro atoms. The van der Waals surface area contributed by atoms with Crippen LogP contribution in [0.3, 0.4) is 0 Å². The summed E-state index contributed by atoms with van der Waals surface area (Å²) in [7, 11) is 0. The maximum absolute atomic E-state index is 7.13. The average molecular weight is 497 g/mol. The first kappa shape index (κ1) is 35.8. The largest absolute Gasteiger partial charge is 0.696 e. The molecule has 34 heavy (non-hydrogen) atoms. The molecule has 0 aromatic carbocycles. The van der Waals surface area contributed by atoms with Gasteiger partial charge in [0, 0.05) is 0 Å². The van der Waals surface area contributed by atoms with Gasteiger partial charge in [-0.2, -0.15) is 0 Å². The van der Waals surface area contributed by atoms with E-state index in [4.69, 9.17) is 5.26 Å². The van der Waals surface area contributed by atoms with Crippen molar-refractivity contribution in [2.24, 2.45) is 0 Å². The molecule has 0 saturated carbocycles. The topological polar surface area (TPSA) is 23.8 Å². The third-order valence-corrected chi connectivity index (χ3v) is 7.44. The zero-order chi connectivity index (χ0) is 25.6. The molecule has 0 aliphatic heterocycles. The van der Waals surface area contributed by atoms with Gasteiger partial charge in [-0.15, -0.1) is 0 Å². The van der Waals surface area contributed by atoms with Gasteiger partial charge < -0.3 is 17.1 Å². The van der Waals surface area contributed by atoms with Crippen LogP contribution >= 0.6 is 0 Å². The Morgan fingerprint density at radius 1 is 0.412 bits per heavy atom. The second kappa shape index (κ2) is 30.7. The lowest BCUT2D eigenvalue weighted by Crippen LogP contribution is -2.50. The van der Waals surface area contributed by atoms with Crippen LogP contribution in [0.2, 0.25) is 0 Å². The summed E-state index contributed by atoms with van der Waals surface area (Å²) < 4.78 is 1.44. The van der Waals surface area contributed by atoms with Gasteiger partial charge in [0.05, 0.1) is 26.2 Å². The molecule has 0 fully saturated rings. The lowest BCUT2D eigenvalue weighted by atomic mass is 10.0. The van der Waals surface area contributed by atoms with Gasteiger partial charge in [0.2, 0.25) is 0 Å². The van der Waals surface area contributed by atoms with Crippen LogP contribution in [0.25, 0.3) is 0 Å². The second-order valence-electron chi connectivity index (χ2n) is 10.7. The zero-order valence-corrected chi connectivity index (χ0v) is 25.0. The summed E-state index contributed by atoms with van der Waals surface area (Å²) in [4.78, 5) is 0. The van der Waals surface area contributed by atoms with Crippen molar-refractivity contribution in [3.05, 3.63) is 0 Å². The summed E-state index contributed by atoms with van der Waals surface area (Å²) in [6, 6.07) is 0. The lowest BCUT2D eigenvalue weighted by molar-refractivity contribution is -0.929. The van der Waals surface area contributed by atoms with Crippen LogP contribution in [-0.4, -0.2) is 30.7 Å². The van der Waals surface area contributed by atoms with Crippen LogP contribution in [0.5, 0.6) is 0 Å². The minimum atomic E-state index is 1.33. The number of quaternary nitrogens is 1. The van der Waals surface area contributed by atoms with Crippen molar-refractivity contribution in [1.29, 1.82) is 5.26 Å². The average Bonchev–Trinajstić information content (AvgIpc) is 2.85. The second-order valence-corrected chi connectivity index (χ2v) is 10.9. The summed E-state index contributed by atoms with van der Waals surface area (Å²) in [6.07, 6.45) is 31.9. The maximum atomic E-state index is 7.13. The highest BCUT2D eigenvalue weighted by Gasteiger charge is 2.24. The highest BCUT2D eigenvalue weighted by atomic mass is 32.1. The van der Waals surface area contributed by atoms with E-state index in [9.17, 15) is 0 Å². The Hall–Kier alpha value is -0.330. The Morgan fingerprint density at radius 2 is 0.618 bits per heavy atom. The molecule has 0 saturated heterocycles. The predicted octanol–water partition coefficient (Wildman–Crippen LogP) is 10.5. The zero-order valence-electron chi connectivity index (χ0n) is 24.2. The van der Waals surface area contributed by atoms with Gasteiger partial charge in [-0.1, -0.05) is 142 Å². The first-order chi connectivity index (χ1) is 16.7. The van der Waals surface area contributed by atoms with Gasteiger partial charge in [0.1, 0.15) is 0 Å². The summed E-state index contributed by atoms with van der Waals surface area (Å²) in [5.41, 5.74) is 0. The molecule has 204 valence electrons. The normalized spacial score (nSPS) is 11.1. The van der Waals surface area contributed by atoms with E-state index in [1.807, 2.05) is 0 Å². The van der Waals surface area contributed by atoms with Crippen LogP contribution in [-0.2, 0) is 12.6 Å². The van der Waals surface area contributed by atoms with Crippen LogP contribution in [0, 0.1) is 10.7 Å². The molecule has 0 rings (SSSR count). The monoisotopic (exact) mass is 496 g/mol. The summed E-state index contributed by atoms with van der Waals surface area (Å²) in [5, 5.41) is 8.47. The lowest BCUT2D eigenvalue weighted by Gasteiger charge is -2.39. The van der Waals surface area contributed by atoms with Crippen molar-refractivity contribution >= 4 is 12.6 Å². The number of rotatable bonds is 26. The van der Waals surface area contributed by atoms with E-state index in [1.165, 1.54) is 177 Å². The molecule has 0 heterocycles. The molecule has 0 aromatic heterocycles. The number of thiocyanates is 1. The molecular weight excluding hydrogens is 432 g/mol. The molecular formula is C31H64N2S. The van der Waals surface area contributed by atoms with Crippen LogP contribution in [0.1, 0.15) is 169 Å². The Bertz CT molecular complexity index is 383. The number of nitriles is 1. The highest BCUT2D eigenvalue weighted by Crippen LogP contribution is 2.18. The molecule has 0 unspecified atom stereocenters. The predicted molar refractivity (Wildman–Crippen MR) is 157 cm³/mol. The fourth-order valence-electron chi connectivity index (χ4n) is 5.15. The van der Waals surface area contributed by atoms with Crippen LogP contribution < -0.4 is 0 Å². The summed E-state index contributed by atoms with van der Waals surface area (Å²) in [5.74, 6) is 0.